The van der Waals surface area contributed by atoms with Crippen molar-refractivity contribution in [2.75, 3.05) is 18.5 Å². The maximum Gasteiger partial charge on any atom is 0.435 e. The van der Waals surface area contributed by atoms with E-state index in [1.807, 2.05) is 6.07 Å². The van der Waals surface area contributed by atoms with Crippen LogP contribution < -0.4 is 16.2 Å². The molecule has 0 atom stereocenters. The van der Waals surface area contributed by atoms with Crippen LogP contribution in [0.3, 0.4) is 0 Å². The number of urea groups is 1. The van der Waals surface area contributed by atoms with Crippen LogP contribution in [0.25, 0.3) is 11.1 Å². The minimum Gasteiger partial charge on any atom is -0.443 e. The Morgan fingerprint density at radius 2 is 1.67 bits per heavy atom. The summed E-state index contributed by atoms with van der Waals surface area (Å²) in [6, 6.07) is 20.1. The van der Waals surface area contributed by atoms with E-state index < -0.39 is 26.5 Å². The number of nitrogens with two attached hydrogens (primary N) is 2. The summed E-state index contributed by atoms with van der Waals surface area (Å²) in [6.45, 7) is 0.355. The van der Waals surface area contributed by atoms with Gasteiger partial charge in [-0.05, 0) is 54.2 Å². The van der Waals surface area contributed by atoms with Gasteiger partial charge in [-0.1, -0.05) is 103 Å². The number of carbonyl (C=O) groups excluding carboxylic acids is 2. The Labute approximate surface area is 277 Å². The number of halogens is 3. The van der Waals surface area contributed by atoms with E-state index in [2.05, 4.69) is 10.3 Å². The van der Waals surface area contributed by atoms with E-state index >= 15 is 0 Å². The number of aliphatic imine (C=N–C) groups is 1. The summed E-state index contributed by atoms with van der Waals surface area (Å²) in [5.41, 5.74) is 8.95. The molecule has 0 saturated heterocycles. The lowest BCUT2D eigenvalue weighted by molar-refractivity contribution is 0.159. The number of nitrogens with zero attached hydrogens (tertiary/aromatic N) is 2. The van der Waals surface area contributed by atoms with Crippen LogP contribution in [0.1, 0.15) is 43.2 Å². The van der Waals surface area contributed by atoms with Crippen LogP contribution >= 0.6 is 34.8 Å². The molecule has 0 radical (unpaired) electrons. The number of hydrogen-bond donors (Lipinski definition) is 3. The van der Waals surface area contributed by atoms with E-state index in [9.17, 15) is 18.0 Å². The third-order valence-electron chi connectivity index (χ3n) is 7.30. The van der Waals surface area contributed by atoms with Crippen molar-refractivity contribution < 1.29 is 22.7 Å². The van der Waals surface area contributed by atoms with Gasteiger partial charge in [-0.25, -0.2) is 23.1 Å². The maximum atomic E-state index is 13.6. The average Bonchev–Trinajstić information content (AvgIpc) is 3.00. The van der Waals surface area contributed by atoms with Crippen LogP contribution in [-0.2, 0) is 21.3 Å². The summed E-state index contributed by atoms with van der Waals surface area (Å²) >= 11 is 16.8. The summed E-state index contributed by atoms with van der Waals surface area (Å²) in [7, 11) is -3.92. The van der Waals surface area contributed by atoms with Crippen molar-refractivity contribution in [3.63, 3.8) is 0 Å². The highest BCUT2D eigenvalue weighted by molar-refractivity contribution is 7.89. The van der Waals surface area contributed by atoms with Gasteiger partial charge < -0.3 is 20.7 Å². The van der Waals surface area contributed by atoms with Gasteiger partial charge in [0, 0.05) is 29.9 Å². The number of ether oxygens (including phenoxy) is 1. The molecule has 3 amide bonds. The van der Waals surface area contributed by atoms with Gasteiger partial charge in [-0.15, -0.1) is 0 Å². The van der Waals surface area contributed by atoms with Crippen molar-refractivity contribution in [3.05, 3.63) is 83.9 Å². The third kappa shape index (κ3) is 10.6. The molecule has 240 valence electrons. The van der Waals surface area contributed by atoms with Gasteiger partial charge in [0.2, 0.25) is 13.8 Å². The summed E-state index contributed by atoms with van der Waals surface area (Å²) in [5.74, 6) is 0.280. The fourth-order valence-electron chi connectivity index (χ4n) is 5.18. The zero-order valence-electron chi connectivity index (χ0n) is 24.3. The number of rotatable bonds is 9. The van der Waals surface area contributed by atoms with Gasteiger partial charge >= 0.3 is 12.1 Å². The number of carbonyl (C=O) groups is 2. The SMILES string of the molecule is NC(=NC(=O)OCC(Cl)(Cl)Cl)c1cccc(CN(CC2CCCCC2)C(=O)Nc2ccc(-c3ccccc3S(N)(=O)=O)cc2)c1. The second-order valence-electron chi connectivity index (χ2n) is 10.8. The molecule has 3 aromatic rings. The standard InChI is InChI=1S/C31H34Cl3N5O5S/c32-31(33,34)20-44-30(41)38-28(35)24-10-6-9-22(17-24)19-39(18-21-7-2-1-3-8-21)29(40)37-25-15-13-23(14-16-25)26-11-4-5-12-27(26)45(36,42)43/h4-6,9-17,21H,1-3,7-8,18-20H2,(H,37,40)(H2,35,38,41)(H2,36,42,43). The number of hydrogen-bond acceptors (Lipinski definition) is 5. The fraction of sp³-hybridized carbons (Fsp3) is 0.323. The molecule has 1 fully saturated rings. The molecule has 10 nitrogen and oxygen atoms in total. The van der Waals surface area contributed by atoms with E-state index in [-0.39, 0.29) is 23.3 Å². The van der Waals surface area contributed by atoms with Crippen LogP contribution in [0.15, 0.2) is 82.7 Å². The first-order chi connectivity index (χ1) is 21.3. The Kier molecular flexibility index (Phi) is 11.7. The number of amides is 3. The Balaban J connectivity index is 1.50. The number of primary sulfonamides is 1. The fourth-order valence-corrected chi connectivity index (χ4v) is 6.10. The first-order valence-corrected chi connectivity index (χ1v) is 16.9. The number of alkyl halides is 3. The van der Waals surface area contributed by atoms with Crippen LogP contribution in [0.2, 0.25) is 0 Å². The molecule has 0 unspecified atom stereocenters. The Morgan fingerprint density at radius 1 is 0.978 bits per heavy atom. The summed E-state index contributed by atoms with van der Waals surface area (Å²) in [6.07, 6.45) is 4.52. The minimum absolute atomic E-state index is 0.0213. The third-order valence-corrected chi connectivity index (χ3v) is 8.59. The van der Waals surface area contributed by atoms with Gasteiger partial charge in [0.1, 0.15) is 12.4 Å². The molecule has 0 bridgehead atoms. The van der Waals surface area contributed by atoms with Crippen LogP contribution in [0.4, 0.5) is 15.3 Å². The molecule has 1 aliphatic carbocycles. The number of amidine groups is 1. The van der Waals surface area contributed by atoms with Crippen LogP contribution in [0.5, 0.6) is 0 Å². The first-order valence-electron chi connectivity index (χ1n) is 14.2. The molecule has 0 heterocycles. The van der Waals surface area contributed by atoms with E-state index in [0.717, 1.165) is 31.2 Å². The lowest BCUT2D eigenvalue weighted by Crippen LogP contribution is -2.38. The minimum atomic E-state index is -3.92. The van der Waals surface area contributed by atoms with Gasteiger partial charge in [-0.2, -0.15) is 4.99 Å². The molecule has 0 spiro atoms. The zero-order valence-corrected chi connectivity index (χ0v) is 27.4. The molecule has 4 rings (SSSR count). The normalized spacial score (nSPS) is 14.5. The molecular weight excluding hydrogens is 661 g/mol. The molecular formula is C31H34Cl3N5O5S. The molecule has 0 aliphatic heterocycles. The van der Waals surface area contributed by atoms with Crippen molar-refractivity contribution >= 4 is 68.5 Å². The van der Waals surface area contributed by atoms with Gasteiger partial charge in [0.05, 0.1) is 4.90 Å². The molecule has 0 aromatic heterocycles. The van der Waals surface area contributed by atoms with E-state index in [4.69, 9.17) is 50.4 Å². The molecule has 3 aromatic carbocycles. The second kappa shape index (κ2) is 15.3. The number of nitrogens with one attached hydrogen (secondary N) is 1. The first kappa shape index (κ1) is 34.5. The van der Waals surface area contributed by atoms with Crippen molar-refractivity contribution in [3.8, 4) is 11.1 Å². The molecule has 1 saturated carbocycles. The highest BCUT2D eigenvalue weighted by atomic mass is 35.6. The van der Waals surface area contributed by atoms with E-state index in [1.54, 1.807) is 65.6 Å². The summed E-state index contributed by atoms with van der Waals surface area (Å²) < 4.78 is 27.2. The average molecular weight is 695 g/mol. The van der Waals surface area contributed by atoms with E-state index in [1.165, 1.54) is 12.5 Å². The zero-order chi connectivity index (χ0) is 32.6. The Hall–Kier alpha value is -3.35. The smallest absolute Gasteiger partial charge is 0.435 e. The van der Waals surface area contributed by atoms with Gasteiger partial charge in [0.25, 0.3) is 0 Å². The highest BCUT2D eigenvalue weighted by Crippen LogP contribution is 2.29. The van der Waals surface area contributed by atoms with Crippen molar-refractivity contribution in [1.29, 1.82) is 0 Å². The highest BCUT2D eigenvalue weighted by Gasteiger charge is 2.23. The van der Waals surface area contributed by atoms with Gasteiger partial charge in [0.15, 0.2) is 0 Å². The topological polar surface area (TPSA) is 157 Å². The second-order valence-corrected chi connectivity index (χ2v) is 14.8. The summed E-state index contributed by atoms with van der Waals surface area (Å²) in [5, 5.41) is 8.37. The summed E-state index contributed by atoms with van der Waals surface area (Å²) in [4.78, 5) is 31.1. The number of anilines is 1. The molecule has 1 aliphatic rings. The predicted octanol–water partition coefficient (Wildman–Crippen LogP) is 6.83. The maximum absolute atomic E-state index is 13.6. The lowest BCUT2D eigenvalue weighted by Gasteiger charge is -2.30. The molecule has 45 heavy (non-hydrogen) atoms. The number of sulfonamides is 1. The van der Waals surface area contributed by atoms with Crippen LogP contribution in [0, 0.1) is 5.92 Å². The molecule has 5 N–H and O–H groups in total. The number of benzene rings is 3. The van der Waals surface area contributed by atoms with Gasteiger partial charge in [-0.3, -0.25) is 0 Å². The van der Waals surface area contributed by atoms with E-state index in [0.29, 0.717) is 34.8 Å². The molecule has 14 heteroatoms. The van der Waals surface area contributed by atoms with Crippen molar-refractivity contribution in [1.82, 2.24) is 4.90 Å². The van der Waals surface area contributed by atoms with Crippen molar-refractivity contribution in [2.24, 2.45) is 21.8 Å². The quantitative estimate of drug-likeness (QED) is 0.127. The van der Waals surface area contributed by atoms with Crippen LogP contribution in [-0.4, -0.2) is 48.2 Å². The lowest BCUT2D eigenvalue weighted by atomic mass is 9.89. The van der Waals surface area contributed by atoms with Crippen molar-refractivity contribution in [2.45, 2.75) is 47.3 Å². The largest absolute Gasteiger partial charge is 0.443 e. The monoisotopic (exact) mass is 693 g/mol. The Morgan fingerprint density at radius 3 is 2.33 bits per heavy atom. The predicted molar refractivity (Wildman–Crippen MR) is 178 cm³/mol. The Bertz CT molecular complexity index is 1640.